The van der Waals surface area contributed by atoms with Crippen molar-refractivity contribution in [3.8, 4) is 11.4 Å². The number of benzene rings is 1. The van der Waals surface area contributed by atoms with Crippen LogP contribution in [0, 0.1) is 0 Å². The molecule has 36 heavy (non-hydrogen) atoms. The molecule has 2 aromatic heterocycles. The number of halogens is 2. The van der Waals surface area contributed by atoms with Gasteiger partial charge in [-0.1, -0.05) is 36.2 Å². The molecule has 0 amide bonds. The first kappa shape index (κ1) is 25.5. The van der Waals surface area contributed by atoms with Gasteiger partial charge in [0.25, 0.3) is 0 Å². The van der Waals surface area contributed by atoms with E-state index in [1.54, 1.807) is 12.4 Å². The first-order valence-corrected chi connectivity index (χ1v) is 13.6. The van der Waals surface area contributed by atoms with Crippen LogP contribution < -0.4 is 4.90 Å². The lowest BCUT2D eigenvalue weighted by Crippen LogP contribution is -2.58. The number of piperazine rings is 1. The highest BCUT2D eigenvalue weighted by Crippen LogP contribution is 2.31. The van der Waals surface area contributed by atoms with Crippen molar-refractivity contribution in [3.05, 3.63) is 64.0 Å². The third-order valence-corrected chi connectivity index (χ3v) is 8.16. The summed E-state index contributed by atoms with van der Waals surface area (Å²) in [4.78, 5) is 19.7. The number of pyridine rings is 1. The molecule has 0 saturated carbocycles. The molecule has 2 aliphatic heterocycles. The molecular weight excluding hydrogens is 495 g/mol. The van der Waals surface area contributed by atoms with Crippen molar-refractivity contribution in [3.63, 3.8) is 0 Å². The number of imidazole rings is 1. The lowest BCUT2D eigenvalue weighted by molar-refractivity contribution is 0.0609. The number of aromatic amines is 1. The largest absolute Gasteiger partial charge is 0.392 e. The molecule has 5 rings (SSSR count). The molecule has 4 heterocycles. The number of aliphatic hydroxyl groups is 1. The summed E-state index contributed by atoms with van der Waals surface area (Å²) in [6, 6.07) is 8.87. The molecule has 0 radical (unpaired) electrons. The number of nitrogens with zero attached hydrogens (tertiary/aromatic N) is 5. The van der Waals surface area contributed by atoms with Crippen LogP contribution in [0.25, 0.3) is 11.4 Å². The van der Waals surface area contributed by atoms with Gasteiger partial charge in [0.15, 0.2) is 0 Å². The predicted molar refractivity (Wildman–Crippen MR) is 146 cm³/mol. The summed E-state index contributed by atoms with van der Waals surface area (Å²) in [5, 5.41) is 11.1. The maximum Gasteiger partial charge on any atom is 0.147 e. The minimum atomic E-state index is 0.0270. The number of H-pyrrole nitrogens is 1. The van der Waals surface area contributed by atoms with Gasteiger partial charge in [-0.3, -0.25) is 9.80 Å². The van der Waals surface area contributed by atoms with E-state index in [2.05, 4.69) is 31.6 Å². The summed E-state index contributed by atoms with van der Waals surface area (Å²) in [6.45, 7) is 8.19. The molecule has 1 aromatic carbocycles. The Kier molecular flexibility index (Phi) is 8.13. The van der Waals surface area contributed by atoms with Crippen molar-refractivity contribution in [2.45, 2.75) is 51.4 Å². The Balaban J connectivity index is 1.19. The van der Waals surface area contributed by atoms with Gasteiger partial charge in [0, 0.05) is 67.4 Å². The number of hydrogen-bond donors (Lipinski definition) is 2. The molecular formula is C27H34Cl2N6O. The topological polar surface area (TPSA) is 71.5 Å². The average molecular weight is 530 g/mol. The number of hydrogen-bond acceptors (Lipinski definition) is 6. The van der Waals surface area contributed by atoms with Gasteiger partial charge in [-0.25, -0.2) is 9.97 Å². The first-order chi connectivity index (χ1) is 17.6. The van der Waals surface area contributed by atoms with Crippen LogP contribution in [0.15, 0.2) is 42.9 Å². The van der Waals surface area contributed by atoms with Gasteiger partial charge in [0.05, 0.1) is 11.6 Å². The average Bonchev–Trinajstić information content (AvgIpc) is 3.45. The predicted octanol–water partition coefficient (Wildman–Crippen LogP) is 4.84. The van der Waals surface area contributed by atoms with Crippen LogP contribution in [-0.4, -0.2) is 74.7 Å². The van der Waals surface area contributed by atoms with Gasteiger partial charge in [0.2, 0.25) is 0 Å². The normalized spacial score (nSPS) is 20.2. The Hall–Kier alpha value is -2.16. The number of aliphatic hydroxyl groups excluding tert-OH is 1. The van der Waals surface area contributed by atoms with E-state index in [1.807, 2.05) is 30.5 Å². The molecule has 192 valence electrons. The molecule has 0 bridgehead atoms. The fourth-order valence-corrected chi connectivity index (χ4v) is 6.15. The van der Waals surface area contributed by atoms with E-state index in [4.69, 9.17) is 28.2 Å². The molecule has 2 N–H and O–H groups in total. The highest BCUT2D eigenvalue weighted by Gasteiger charge is 2.34. The number of piperidine rings is 1. The van der Waals surface area contributed by atoms with E-state index < -0.39 is 0 Å². The standard InChI is InChI=1S/C27H34Cl2N6O/c1-2-23-17-34(27-25(29)14-20(15-32-27)26-30-7-8-31-26)11-12-35(23)24-5-9-33(10-6-24)16-19-3-4-22(28)13-21(19)18-36/h3-4,7-8,13-15,23-24,36H,2,5-6,9-12,16-18H2,1H3,(H,30,31). The Morgan fingerprint density at radius 2 is 1.89 bits per heavy atom. The van der Waals surface area contributed by atoms with Crippen molar-refractivity contribution in [2.75, 3.05) is 37.6 Å². The fourth-order valence-electron chi connectivity index (χ4n) is 5.67. The van der Waals surface area contributed by atoms with E-state index in [1.165, 1.54) is 5.56 Å². The van der Waals surface area contributed by atoms with Crippen LogP contribution in [0.3, 0.4) is 0 Å². The minimum Gasteiger partial charge on any atom is -0.392 e. The molecule has 9 heteroatoms. The number of nitrogens with one attached hydrogen (secondary N) is 1. The zero-order valence-electron chi connectivity index (χ0n) is 20.7. The van der Waals surface area contributed by atoms with Crippen LogP contribution in [-0.2, 0) is 13.2 Å². The molecule has 0 aliphatic carbocycles. The third-order valence-electron chi connectivity index (χ3n) is 7.65. The Morgan fingerprint density at radius 1 is 1.06 bits per heavy atom. The zero-order valence-corrected chi connectivity index (χ0v) is 22.2. The molecule has 0 spiro atoms. The van der Waals surface area contributed by atoms with Crippen molar-refractivity contribution in [1.29, 1.82) is 0 Å². The lowest BCUT2D eigenvalue weighted by Gasteiger charge is -2.47. The molecule has 2 fully saturated rings. The monoisotopic (exact) mass is 528 g/mol. The zero-order chi connectivity index (χ0) is 25.1. The first-order valence-electron chi connectivity index (χ1n) is 12.8. The highest BCUT2D eigenvalue weighted by atomic mass is 35.5. The van der Waals surface area contributed by atoms with Crippen molar-refractivity contribution in [2.24, 2.45) is 0 Å². The minimum absolute atomic E-state index is 0.0270. The molecule has 7 nitrogen and oxygen atoms in total. The van der Waals surface area contributed by atoms with E-state index in [9.17, 15) is 5.11 Å². The lowest BCUT2D eigenvalue weighted by atomic mass is 9.97. The fraction of sp³-hybridized carbons (Fsp3) is 0.481. The Bertz CT molecular complexity index is 1150. The SMILES string of the molecule is CCC1CN(c2ncc(-c3ncc[nH]3)cc2Cl)CCN1C1CCN(Cc2ccc(Cl)cc2CO)CC1. The summed E-state index contributed by atoms with van der Waals surface area (Å²) >= 11 is 12.8. The molecule has 2 saturated heterocycles. The summed E-state index contributed by atoms with van der Waals surface area (Å²) in [7, 11) is 0. The van der Waals surface area contributed by atoms with E-state index in [0.29, 0.717) is 22.1 Å². The van der Waals surface area contributed by atoms with Gasteiger partial charge >= 0.3 is 0 Å². The smallest absolute Gasteiger partial charge is 0.147 e. The molecule has 3 aromatic rings. The van der Waals surface area contributed by atoms with Crippen LogP contribution >= 0.6 is 23.2 Å². The summed E-state index contributed by atoms with van der Waals surface area (Å²) in [5.41, 5.74) is 3.00. The van der Waals surface area contributed by atoms with Gasteiger partial charge < -0.3 is 15.0 Å². The number of aromatic nitrogens is 3. The van der Waals surface area contributed by atoms with Crippen molar-refractivity contribution >= 4 is 29.0 Å². The maximum absolute atomic E-state index is 9.71. The second kappa shape index (κ2) is 11.5. The second-order valence-corrected chi connectivity index (χ2v) is 10.6. The number of rotatable bonds is 7. The van der Waals surface area contributed by atoms with Crippen LogP contribution in [0.4, 0.5) is 5.82 Å². The summed E-state index contributed by atoms with van der Waals surface area (Å²) in [6.07, 6.45) is 8.81. The third kappa shape index (κ3) is 5.55. The molecule has 2 aliphatic rings. The van der Waals surface area contributed by atoms with E-state index in [0.717, 1.165) is 81.3 Å². The van der Waals surface area contributed by atoms with Crippen LogP contribution in [0.1, 0.15) is 37.3 Å². The number of likely N-dealkylation sites (tertiary alicyclic amines) is 1. The summed E-state index contributed by atoms with van der Waals surface area (Å²) in [5.74, 6) is 1.64. The highest BCUT2D eigenvalue weighted by molar-refractivity contribution is 6.33. The quantitative estimate of drug-likeness (QED) is 0.457. The van der Waals surface area contributed by atoms with Gasteiger partial charge in [-0.15, -0.1) is 0 Å². The van der Waals surface area contributed by atoms with Crippen molar-refractivity contribution < 1.29 is 5.11 Å². The van der Waals surface area contributed by atoms with E-state index in [-0.39, 0.29) is 6.61 Å². The van der Waals surface area contributed by atoms with Crippen molar-refractivity contribution in [1.82, 2.24) is 24.8 Å². The Labute approximate surface area is 223 Å². The maximum atomic E-state index is 9.71. The van der Waals surface area contributed by atoms with Gasteiger partial charge in [0.1, 0.15) is 11.6 Å². The van der Waals surface area contributed by atoms with Gasteiger partial charge in [-0.05, 0) is 61.7 Å². The van der Waals surface area contributed by atoms with E-state index >= 15 is 0 Å². The number of anilines is 1. The second-order valence-electron chi connectivity index (χ2n) is 9.79. The van der Waals surface area contributed by atoms with Crippen LogP contribution in [0.5, 0.6) is 0 Å². The van der Waals surface area contributed by atoms with Crippen LogP contribution in [0.2, 0.25) is 10.0 Å². The molecule has 1 unspecified atom stereocenters. The molecule has 1 atom stereocenters. The Morgan fingerprint density at radius 3 is 2.58 bits per heavy atom. The van der Waals surface area contributed by atoms with Gasteiger partial charge in [-0.2, -0.15) is 0 Å². The summed E-state index contributed by atoms with van der Waals surface area (Å²) < 4.78 is 0.